The van der Waals surface area contributed by atoms with Crippen LogP contribution < -0.4 is 15.0 Å². The number of ether oxygens (including phenoxy) is 2. The van der Waals surface area contributed by atoms with Crippen molar-refractivity contribution in [2.24, 2.45) is 0 Å². The molecule has 0 radical (unpaired) electrons. The van der Waals surface area contributed by atoms with Crippen LogP contribution in [0.4, 0.5) is 0 Å². The molecule has 0 aliphatic carbocycles. The van der Waals surface area contributed by atoms with E-state index in [0.717, 1.165) is 5.56 Å². The van der Waals surface area contributed by atoms with E-state index in [4.69, 9.17) is 9.47 Å². The van der Waals surface area contributed by atoms with Crippen molar-refractivity contribution in [3.8, 4) is 22.9 Å². The van der Waals surface area contributed by atoms with Gasteiger partial charge in [-0.3, -0.25) is 9.78 Å². The van der Waals surface area contributed by atoms with E-state index in [9.17, 15) is 4.79 Å². The number of fused-ring (bicyclic) bond motifs is 1. The lowest BCUT2D eigenvalue weighted by atomic mass is 10.2. The third-order valence-corrected chi connectivity index (χ3v) is 3.15. The second-order valence-electron chi connectivity index (χ2n) is 4.38. The predicted molar refractivity (Wildman–Crippen MR) is 78.7 cm³/mol. The van der Waals surface area contributed by atoms with Gasteiger partial charge in [-0.25, -0.2) is 4.98 Å². The summed E-state index contributed by atoms with van der Waals surface area (Å²) in [7, 11) is 3.06. The fourth-order valence-electron chi connectivity index (χ4n) is 2.11. The minimum Gasteiger partial charge on any atom is -0.493 e. The average molecular weight is 283 g/mol. The smallest absolute Gasteiger partial charge is 0.259 e. The molecule has 0 aliphatic rings. The van der Waals surface area contributed by atoms with Gasteiger partial charge in [-0.2, -0.15) is 0 Å². The number of aromatic nitrogens is 3. The van der Waals surface area contributed by atoms with Gasteiger partial charge in [0.1, 0.15) is 5.82 Å². The minimum atomic E-state index is -0.236. The van der Waals surface area contributed by atoms with E-state index in [-0.39, 0.29) is 5.56 Å². The van der Waals surface area contributed by atoms with Crippen LogP contribution >= 0.6 is 0 Å². The summed E-state index contributed by atoms with van der Waals surface area (Å²) in [5, 5.41) is 0.445. The van der Waals surface area contributed by atoms with E-state index in [2.05, 4.69) is 15.0 Å². The summed E-state index contributed by atoms with van der Waals surface area (Å²) in [4.78, 5) is 23.5. The Bertz CT molecular complexity index is 844. The number of benzene rings is 1. The molecule has 2 aromatic heterocycles. The lowest BCUT2D eigenvalue weighted by Crippen LogP contribution is -2.10. The van der Waals surface area contributed by atoms with Crippen LogP contribution in [-0.2, 0) is 0 Å². The number of hydrogen-bond acceptors (Lipinski definition) is 5. The van der Waals surface area contributed by atoms with Gasteiger partial charge in [-0.15, -0.1) is 0 Å². The third kappa shape index (κ3) is 2.31. The van der Waals surface area contributed by atoms with Crippen molar-refractivity contribution >= 4 is 10.9 Å². The fraction of sp³-hybridized carbons (Fsp3) is 0.133. The van der Waals surface area contributed by atoms with Crippen molar-refractivity contribution < 1.29 is 9.47 Å². The van der Waals surface area contributed by atoms with Crippen molar-refractivity contribution in [2.75, 3.05) is 14.2 Å². The van der Waals surface area contributed by atoms with E-state index in [1.54, 1.807) is 37.7 Å². The Morgan fingerprint density at radius 1 is 1.14 bits per heavy atom. The highest BCUT2D eigenvalue weighted by Crippen LogP contribution is 2.30. The topological polar surface area (TPSA) is 77.1 Å². The number of H-pyrrole nitrogens is 1. The Balaban J connectivity index is 2.27. The molecule has 0 unspecified atom stereocenters. The predicted octanol–water partition coefficient (Wildman–Crippen LogP) is 2.00. The molecule has 0 saturated carbocycles. The van der Waals surface area contributed by atoms with Gasteiger partial charge in [0.05, 0.1) is 25.1 Å². The zero-order chi connectivity index (χ0) is 14.8. The van der Waals surface area contributed by atoms with Gasteiger partial charge in [0.2, 0.25) is 0 Å². The number of pyridine rings is 1. The van der Waals surface area contributed by atoms with Crippen molar-refractivity contribution in [1.82, 2.24) is 15.0 Å². The van der Waals surface area contributed by atoms with Crippen molar-refractivity contribution in [3.63, 3.8) is 0 Å². The molecule has 0 saturated heterocycles. The second kappa shape index (κ2) is 5.24. The monoisotopic (exact) mass is 283 g/mol. The average Bonchev–Trinajstić information content (AvgIpc) is 2.54. The normalized spacial score (nSPS) is 10.6. The zero-order valence-corrected chi connectivity index (χ0v) is 11.6. The maximum atomic E-state index is 12.2. The van der Waals surface area contributed by atoms with Crippen LogP contribution in [0.15, 0.2) is 41.5 Å². The number of hydrogen-bond donors (Lipinski definition) is 1. The first kappa shape index (κ1) is 13.1. The molecule has 1 aromatic carbocycles. The van der Waals surface area contributed by atoms with E-state index >= 15 is 0 Å². The van der Waals surface area contributed by atoms with Gasteiger partial charge in [-0.05, 0) is 18.2 Å². The van der Waals surface area contributed by atoms with Crippen LogP contribution in [0.25, 0.3) is 22.3 Å². The molecule has 0 aliphatic heterocycles. The summed E-state index contributed by atoms with van der Waals surface area (Å²) in [5.74, 6) is 1.49. The molecule has 0 spiro atoms. The molecule has 21 heavy (non-hydrogen) atoms. The second-order valence-corrected chi connectivity index (χ2v) is 4.38. The summed E-state index contributed by atoms with van der Waals surface area (Å²) in [6, 6.07) is 6.92. The van der Waals surface area contributed by atoms with Crippen LogP contribution in [0.3, 0.4) is 0 Å². The molecule has 1 N–H and O–H groups in total. The molecule has 3 rings (SSSR count). The number of rotatable bonds is 3. The summed E-state index contributed by atoms with van der Waals surface area (Å²) in [6.45, 7) is 0. The van der Waals surface area contributed by atoms with Gasteiger partial charge in [-0.1, -0.05) is 0 Å². The Labute approximate surface area is 120 Å². The first-order valence-electron chi connectivity index (χ1n) is 6.29. The first-order chi connectivity index (χ1) is 10.2. The van der Waals surface area contributed by atoms with Gasteiger partial charge in [0, 0.05) is 24.0 Å². The number of methoxy groups -OCH3 is 2. The van der Waals surface area contributed by atoms with Crippen LogP contribution in [0, 0.1) is 0 Å². The Morgan fingerprint density at radius 3 is 2.57 bits per heavy atom. The number of nitrogens with one attached hydrogen (secondary N) is 1. The molecular formula is C15H13N3O3. The Morgan fingerprint density at radius 2 is 1.90 bits per heavy atom. The largest absolute Gasteiger partial charge is 0.493 e. The van der Waals surface area contributed by atoms with E-state index < -0.39 is 0 Å². The highest BCUT2D eigenvalue weighted by atomic mass is 16.5. The maximum Gasteiger partial charge on any atom is 0.259 e. The van der Waals surface area contributed by atoms with Crippen LogP contribution in [0.2, 0.25) is 0 Å². The van der Waals surface area contributed by atoms with Crippen LogP contribution in [0.5, 0.6) is 11.5 Å². The highest BCUT2D eigenvalue weighted by Gasteiger charge is 2.11. The Hall–Kier alpha value is -2.89. The molecule has 0 fully saturated rings. The lowest BCUT2D eigenvalue weighted by Gasteiger charge is -2.09. The van der Waals surface area contributed by atoms with E-state index in [0.29, 0.717) is 28.2 Å². The molecule has 0 bridgehead atoms. The molecule has 0 amide bonds. The molecule has 6 nitrogen and oxygen atoms in total. The summed E-state index contributed by atoms with van der Waals surface area (Å²) in [5.41, 5.74) is 1.04. The molecule has 0 atom stereocenters. The molecule has 3 aromatic rings. The highest BCUT2D eigenvalue weighted by molar-refractivity contribution is 5.83. The Kier molecular flexibility index (Phi) is 3.27. The van der Waals surface area contributed by atoms with Gasteiger partial charge < -0.3 is 14.5 Å². The lowest BCUT2D eigenvalue weighted by molar-refractivity contribution is 0.355. The summed E-state index contributed by atoms with van der Waals surface area (Å²) in [6.07, 6.45) is 3.31. The third-order valence-electron chi connectivity index (χ3n) is 3.15. The van der Waals surface area contributed by atoms with Gasteiger partial charge >= 0.3 is 0 Å². The van der Waals surface area contributed by atoms with Crippen molar-refractivity contribution in [2.45, 2.75) is 0 Å². The molecular weight excluding hydrogens is 270 g/mol. The van der Waals surface area contributed by atoms with Crippen molar-refractivity contribution in [1.29, 1.82) is 0 Å². The number of aromatic amines is 1. The number of nitrogens with zero attached hydrogens (tertiary/aromatic N) is 2. The van der Waals surface area contributed by atoms with Gasteiger partial charge in [0.25, 0.3) is 5.56 Å². The zero-order valence-electron chi connectivity index (χ0n) is 11.6. The van der Waals surface area contributed by atoms with Crippen molar-refractivity contribution in [3.05, 3.63) is 47.0 Å². The van der Waals surface area contributed by atoms with E-state index in [1.165, 1.54) is 7.11 Å². The summed E-state index contributed by atoms with van der Waals surface area (Å²) >= 11 is 0. The summed E-state index contributed by atoms with van der Waals surface area (Å²) < 4.78 is 10.4. The molecule has 106 valence electrons. The fourth-order valence-corrected chi connectivity index (χ4v) is 2.11. The minimum absolute atomic E-state index is 0.236. The molecule has 6 heteroatoms. The van der Waals surface area contributed by atoms with Crippen LogP contribution in [0.1, 0.15) is 0 Å². The first-order valence-corrected chi connectivity index (χ1v) is 6.29. The SMILES string of the molecule is COc1cc2nc(-c3cccnc3)[nH]c(=O)c2cc1OC. The van der Waals surface area contributed by atoms with Crippen LogP contribution in [-0.4, -0.2) is 29.2 Å². The van der Waals surface area contributed by atoms with E-state index in [1.807, 2.05) is 6.07 Å². The quantitative estimate of drug-likeness (QED) is 0.795. The maximum absolute atomic E-state index is 12.2. The standard InChI is InChI=1S/C15H13N3O3/c1-20-12-6-10-11(7-13(12)21-2)17-14(18-15(10)19)9-4-3-5-16-8-9/h3-8H,1-2H3,(H,17,18,19). The molecule has 2 heterocycles. The van der Waals surface area contributed by atoms with Gasteiger partial charge in [0.15, 0.2) is 11.5 Å².